The monoisotopic (exact) mass is 423 g/mol. The van der Waals surface area contributed by atoms with Crippen molar-refractivity contribution in [3.63, 3.8) is 0 Å². The molecular weight excluding hydrogens is 410 g/mol. The summed E-state index contributed by atoms with van der Waals surface area (Å²) in [4.78, 5) is 13.3. The van der Waals surface area contributed by atoms with Crippen LogP contribution in [0.4, 0.5) is 5.00 Å². The SMILES string of the molecule is COc1ccc(C(=O)NC(=S)Nc2sc(C)c(C)c2C#N)cc1Br. The maximum atomic E-state index is 12.3. The van der Waals surface area contributed by atoms with E-state index in [4.69, 9.17) is 17.0 Å². The molecule has 0 aliphatic rings. The van der Waals surface area contributed by atoms with Gasteiger partial charge in [0.25, 0.3) is 5.91 Å². The number of aryl methyl sites for hydroxylation is 1. The molecule has 0 saturated heterocycles. The molecule has 1 amide bonds. The Morgan fingerprint density at radius 2 is 2.12 bits per heavy atom. The van der Waals surface area contributed by atoms with Gasteiger partial charge in [0.05, 0.1) is 17.1 Å². The van der Waals surface area contributed by atoms with Crippen LogP contribution in [-0.2, 0) is 0 Å². The Bertz CT molecular complexity index is 856. The molecule has 1 heterocycles. The molecule has 1 aromatic heterocycles. The molecule has 0 radical (unpaired) electrons. The van der Waals surface area contributed by atoms with Crippen LogP contribution < -0.4 is 15.4 Å². The van der Waals surface area contributed by atoms with Crippen molar-refractivity contribution in [2.75, 3.05) is 12.4 Å². The summed E-state index contributed by atoms with van der Waals surface area (Å²) in [6.07, 6.45) is 0. The van der Waals surface area contributed by atoms with E-state index in [-0.39, 0.29) is 11.0 Å². The van der Waals surface area contributed by atoms with E-state index in [1.165, 1.54) is 11.3 Å². The highest BCUT2D eigenvalue weighted by Gasteiger charge is 2.15. The number of hydrogen-bond acceptors (Lipinski definition) is 5. The Hall–Kier alpha value is -1.95. The number of thiophene rings is 1. The van der Waals surface area contributed by atoms with Crippen molar-refractivity contribution in [1.82, 2.24) is 5.32 Å². The lowest BCUT2D eigenvalue weighted by Gasteiger charge is -2.10. The molecule has 0 spiro atoms. The maximum absolute atomic E-state index is 12.3. The van der Waals surface area contributed by atoms with E-state index in [0.717, 1.165) is 10.4 Å². The topological polar surface area (TPSA) is 74.2 Å². The Morgan fingerprint density at radius 3 is 2.71 bits per heavy atom. The maximum Gasteiger partial charge on any atom is 0.257 e. The van der Waals surface area contributed by atoms with E-state index in [1.54, 1.807) is 25.3 Å². The molecule has 8 heteroatoms. The predicted molar refractivity (Wildman–Crippen MR) is 103 cm³/mol. The zero-order chi connectivity index (χ0) is 17.9. The normalized spacial score (nSPS) is 9.96. The summed E-state index contributed by atoms with van der Waals surface area (Å²) in [5, 5.41) is 15.5. The molecule has 24 heavy (non-hydrogen) atoms. The average molecular weight is 424 g/mol. The lowest BCUT2D eigenvalue weighted by atomic mass is 10.2. The number of halogens is 1. The number of methoxy groups -OCH3 is 1. The number of nitrogens with one attached hydrogen (secondary N) is 2. The number of nitrogens with zero attached hydrogens (tertiary/aromatic N) is 1. The minimum absolute atomic E-state index is 0.143. The predicted octanol–water partition coefficient (Wildman–Crippen LogP) is 4.13. The van der Waals surface area contributed by atoms with Crippen molar-refractivity contribution < 1.29 is 9.53 Å². The number of rotatable bonds is 3. The molecule has 1 aromatic carbocycles. The number of thiocarbonyl (C=S) groups is 1. The van der Waals surface area contributed by atoms with Crippen LogP contribution in [0.5, 0.6) is 5.75 Å². The molecule has 2 rings (SSSR count). The van der Waals surface area contributed by atoms with E-state index in [2.05, 4.69) is 32.6 Å². The van der Waals surface area contributed by atoms with Gasteiger partial charge in [-0.3, -0.25) is 10.1 Å². The largest absolute Gasteiger partial charge is 0.496 e. The van der Waals surface area contributed by atoms with Crippen LogP contribution in [0.15, 0.2) is 22.7 Å². The van der Waals surface area contributed by atoms with E-state index < -0.39 is 0 Å². The van der Waals surface area contributed by atoms with Gasteiger partial charge < -0.3 is 10.1 Å². The van der Waals surface area contributed by atoms with Crippen molar-refractivity contribution in [2.45, 2.75) is 13.8 Å². The highest BCUT2D eigenvalue weighted by molar-refractivity contribution is 9.10. The second kappa shape index (κ2) is 7.75. The first-order valence-corrected chi connectivity index (χ1v) is 8.85. The van der Waals surface area contributed by atoms with Gasteiger partial charge >= 0.3 is 0 Å². The van der Waals surface area contributed by atoms with E-state index in [0.29, 0.717) is 26.4 Å². The van der Waals surface area contributed by atoms with Gasteiger partial charge in [-0.2, -0.15) is 5.26 Å². The van der Waals surface area contributed by atoms with E-state index >= 15 is 0 Å². The van der Waals surface area contributed by atoms with Crippen molar-refractivity contribution in [1.29, 1.82) is 5.26 Å². The molecule has 0 aliphatic heterocycles. The third-order valence-corrected chi connectivity index (χ3v) is 5.31. The lowest BCUT2D eigenvalue weighted by Crippen LogP contribution is -2.34. The number of ether oxygens (including phenoxy) is 1. The highest BCUT2D eigenvalue weighted by Crippen LogP contribution is 2.31. The number of anilines is 1. The van der Waals surface area contributed by atoms with Gasteiger partial charge in [-0.05, 0) is 65.8 Å². The van der Waals surface area contributed by atoms with Crippen LogP contribution >= 0.6 is 39.5 Å². The smallest absolute Gasteiger partial charge is 0.257 e. The third-order valence-electron chi connectivity index (χ3n) is 3.37. The Kier molecular flexibility index (Phi) is 5.94. The quantitative estimate of drug-likeness (QED) is 0.725. The molecule has 0 fully saturated rings. The van der Waals surface area contributed by atoms with Crippen molar-refractivity contribution in [3.05, 3.63) is 44.2 Å². The number of benzene rings is 1. The molecule has 0 bridgehead atoms. The van der Waals surface area contributed by atoms with Gasteiger partial charge in [0.1, 0.15) is 16.8 Å². The number of nitriles is 1. The van der Waals surface area contributed by atoms with Crippen LogP contribution in [0.3, 0.4) is 0 Å². The summed E-state index contributed by atoms with van der Waals surface area (Å²) < 4.78 is 5.81. The molecule has 2 aromatic rings. The summed E-state index contributed by atoms with van der Waals surface area (Å²) in [7, 11) is 1.55. The summed E-state index contributed by atoms with van der Waals surface area (Å²) in [6.45, 7) is 3.81. The molecule has 0 atom stereocenters. The molecule has 0 saturated carbocycles. The van der Waals surface area contributed by atoms with Crippen LogP contribution in [0.2, 0.25) is 0 Å². The minimum Gasteiger partial charge on any atom is -0.496 e. The van der Waals surface area contributed by atoms with E-state index in [1.807, 2.05) is 13.8 Å². The van der Waals surface area contributed by atoms with E-state index in [9.17, 15) is 10.1 Å². The fraction of sp³-hybridized carbons (Fsp3) is 0.188. The molecule has 2 N–H and O–H groups in total. The Balaban J connectivity index is 2.10. The van der Waals surface area contributed by atoms with Crippen LogP contribution in [0.25, 0.3) is 0 Å². The fourth-order valence-electron chi connectivity index (χ4n) is 1.97. The zero-order valence-corrected chi connectivity index (χ0v) is 16.4. The van der Waals surface area contributed by atoms with Gasteiger partial charge in [0, 0.05) is 10.4 Å². The Labute approximate surface area is 157 Å². The van der Waals surface area contributed by atoms with Crippen molar-refractivity contribution >= 4 is 55.5 Å². The van der Waals surface area contributed by atoms with Crippen LogP contribution in [0, 0.1) is 25.2 Å². The summed E-state index contributed by atoms with van der Waals surface area (Å²) in [6, 6.07) is 7.13. The van der Waals surface area contributed by atoms with Crippen LogP contribution in [0.1, 0.15) is 26.4 Å². The number of amides is 1. The zero-order valence-electron chi connectivity index (χ0n) is 13.2. The van der Waals surface area contributed by atoms with Gasteiger partial charge in [-0.25, -0.2) is 0 Å². The first-order valence-electron chi connectivity index (χ1n) is 6.83. The first kappa shape index (κ1) is 18.4. The highest BCUT2D eigenvalue weighted by atomic mass is 79.9. The second-order valence-corrected chi connectivity index (χ2v) is 7.34. The minimum atomic E-state index is -0.348. The molecule has 124 valence electrons. The van der Waals surface area contributed by atoms with Gasteiger partial charge in [0.15, 0.2) is 5.11 Å². The molecule has 0 aliphatic carbocycles. The molecule has 5 nitrogen and oxygen atoms in total. The van der Waals surface area contributed by atoms with Crippen LogP contribution in [-0.4, -0.2) is 18.1 Å². The van der Waals surface area contributed by atoms with Crippen molar-refractivity contribution in [3.8, 4) is 11.8 Å². The fourth-order valence-corrected chi connectivity index (χ4v) is 3.78. The molecular formula is C16H14BrN3O2S2. The average Bonchev–Trinajstić information content (AvgIpc) is 2.80. The molecule has 0 unspecified atom stereocenters. The van der Waals surface area contributed by atoms with Gasteiger partial charge in [-0.1, -0.05) is 0 Å². The summed E-state index contributed by atoms with van der Waals surface area (Å²) >= 11 is 9.94. The third kappa shape index (κ3) is 3.93. The standard InChI is InChI=1S/C16H14BrN3O2S2/c1-8-9(2)24-15(11(8)7-18)20-16(23)19-14(21)10-4-5-13(22-3)12(17)6-10/h4-6H,1-3H3,(H2,19,20,21,23). The lowest BCUT2D eigenvalue weighted by molar-refractivity contribution is 0.0977. The summed E-state index contributed by atoms with van der Waals surface area (Å²) in [5.74, 6) is 0.287. The Morgan fingerprint density at radius 1 is 1.42 bits per heavy atom. The number of carbonyl (C=O) groups excluding carboxylic acids is 1. The number of carbonyl (C=O) groups is 1. The van der Waals surface area contributed by atoms with Crippen molar-refractivity contribution in [2.24, 2.45) is 0 Å². The van der Waals surface area contributed by atoms with Gasteiger partial charge in [0.2, 0.25) is 0 Å². The van der Waals surface area contributed by atoms with Gasteiger partial charge in [-0.15, -0.1) is 11.3 Å². The number of hydrogen-bond donors (Lipinski definition) is 2. The first-order chi connectivity index (χ1) is 11.4. The second-order valence-electron chi connectivity index (χ2n) is 4.86. The summed E-state index contributed by atoms with van der Waals surface area (Å²) in [5.41, 5.74) is 1.89.